The van der Waals surface area contributed by atoms with Crippen molar-refractivity contribution in [3.8, 4) is 0 Å². The molecular weight excluding hydrogens is 329 g/mol. The normalized spacial score (nSPS) is 10.5. The van der Waals surface area contributed by atoms with Crippen LogP contribution in [0.3, 0.4) is 0 Å². The predicted octanol–water partition coefficient (Wildman–Crippen LogP) is 5.43. The van der Waals surface area contributed by atoms with Crippen molar-refractivity contribution < 1.29 is 9.18 Å². The Balaban J connectivity index is 1.75. The average molecular weight is 343 g/mol. The molecule has 0 fully saturated rings. The number of amides is 1. The zero-order valence-corrected chi connectivity index (χ0v) is 13.8. The standard InChI is InChI=1S/C18H14FNOS2/c19-15-6-2-1-5-14(15)18(21)20-16-7-3-4-8-17(16)23-12-13-9-10-22-11-13/h1-11H,12H2,(H,20,21). The van der Waals surface area contributed by atoms with Crippen LogP contribution in [0, 0.1) is 5.82 Å². The van der Waals surface area contributed by atoms with Crippen LogP contribution in [0.2, 0.25) is 0 Å². The maximum absolute atomic E-state index is 13.7. The van der Waals surface area contributed by atoms with Crippen molar-refractivity contribution in [2.24, 2.45) is 0 Å². The van der Waals surface area contributed by atoms with Gasteiger partial charge < -0.3 is 5.32 Å². The lowest BCUT2D eigenvalue weighted by Crippen LogP contribution is -2.14. The van der Waals surface area contributed by atoms with Gasteiger partial charge in [-0.3, -0.25) is 4.79 Å². The molecule has 1 aromatic heterocycles. The largest absolute Gasteiger partial charge is 0.321 e. The van der Waals surface area contributed by atoms with Crippen LogP contribution in [0.4, 0.5) is 10.1 Å². The van der Waals surface area contributed by atoms with Gasteiger partial charge in [-0.25, -0.2) is 4.39 Å². The van der Waals surface area contributed by atoms with E-state index in [1.807, 2.05) is 29.6 Å². The van der Waals surface area contributed by atoms with Crippen molar-refractivity contribution >= 4 is 34.7 Å². The molecule has 116 valence electrons. The number of carbonyl (C=O) groups is 1. The Morgan fingerprint density at radius 1 is 1.09 bits per heavy atom. The first-order chi connectivity index (χ1) is 11.2. The van der Waals surface area contributed by atoms with Crippen LogP contribution in [0.15, 0.2) is 70.3 Å². The smallest absolute Gasteiger partial charge is 0.258 e. The van der Waals surface area contributed by atoms with Gasteiger partial charge in [0, 0.05) is 10.6 Å². The highest BCUT2D eigenvalue weighted by Gasteiger charge is 2.13. The van der Waals surface area contributed by atoms with Crippen molar-refractivity contribution in [2.75, 3.05) is 5.32 Å². The molecule has 3 aromatic rings. The molecule has 23 heavy (non-hydrogen) atoms. The number of carbonyl (C=O) groups excluding carboxylic acids is 1. The van der Waals surface area contributed by atoms with Gasteiger partial charge in [0.1, 0.15) is 5.82 Å². The van der Waals surface area contributed by atoms with Crippen molar-refractivity contribution in [2.45, 2.75) is 10.6 Å². The van der Waals surface area contributed by atoms with Gasteiger partial charge in [-0.2, -0.15) is 11.3 Å². The lowest BCUT2D eigenvalue weighted by molar-refractivity contribution is 0.102. The molecule has 0 saturated heterocycles. The SMILES string of the molecule is O=C(Nc1ccccc1SCc1ccsc1)c1ccccc1F. The summed E-state index contributed by atoms with van der Waals surface area (Å²) in [6.07, 6.45) is 0. The molecule has 0 atom stereocenters. The Hall–Kier alpha value is -2.11. The lowest BCUT2D eigenvalue weighted by atomic mass is 10.2. The third kappa shape index (κ3) is 4.00. The molecule has 0 aliphatic heterocycles. The molecule has 0 saturated carbocycles. The Bertz CT molecular complexity index is 802. The van der Waals surface area contributed by atoms with Gasteiger partial charge in [0.25, 0.3) is 5.91 Å². The minimum Gasteiger partial charge on any atom is -0.321 e. The zero-order chi connectivity index (χ0) is 16.1. The highest BCUT2D eigenvalue weighted by molar-refractivity contribution is 7.98. The average Bonchev–Trinajstić information content (AvgIpc) is 3.08. The summed E-state index contributed by atoms with van der Waals surface area (Å²) in [5.74, 6) is -0.129. The molecule has 2 nitrogen and oxygen atoms in total. The highest BCUT2D eigenvalue weighted by Crippen LogP contribution is 2.30. The number of thioether (sulfide) groups is 1. The van der Waals surface area contributed by atoms with E-state index >= 15 is 0 Å². The third-order valence-electron chi connectivity index (χ3n) is 3.23. The summed E-state index contributed by atoms with van der Waals surface area (Å²) in [4.78, 5) is 13.2. The van der Waals surface area contributed by atoms with E-state index in [0.29, 0.717) is 5.69 Å². The molecule has 0 spiro atoms. The molecule has 5 heteroatoms. The topological polar surface area (TPSA) is 29.1 Å². The van der Waals surface area contributed by atoms with E-state index in [-0.39, 0.29) is 5.56 Å². The quantitative estimate of drug-likeness (QED) is 0.626. The number of para-hydroxylation sites is 1. The van der Waals surface area contributed by atoms with Crippen molar-refractivity contribution in [1.82, 2.24) is 0 Å². The second-order valence-corrected chi connectivity index (χ2v) is 6.65. The molecular formula is C18H14FNOS2. The van der Waals surface area contributed by atoms with Gasteiger partial charge in [-0.15, -0.1) is 11.8 Å². The van der Waals surface area contributed by atoms with E-state index in [9.17, 15) is 9.18 Å². The van der Waals surface area contributed by atoms with Gasteiger partial charge in [-0.05, 0) is 46.7 Å². The number of hydrogen-bond acceptors (Lipinski definition) is 3. The molecule has 1 N–H and O–H groups in total. The zero-order valence-electron chi connectivity index (χ0n) is 12.2. The van der Waals surface area contributed by atoms with Crippen LogP contribution in [0.25, 0.3) is 0 Å². The predicted molar refractivity (Wildman–Crippen MR) is 94.7 cm³/mol. The molecule has 0 aliphatic carbocycles. The van der Waals surface area contributed by atoms with E-state index in [0.717, 1.165) is 10.6 Å². The fourth-order valence-electron chi connectivity index (χ4n) is 2.07. The summed E-state index contributed by atoms with van der Waals surface area (Å²) in [6.45, 7) is 0. The number of hydrogen-bond donors (Lipinski definition) is 1. The molecule has 0 radical (unpaired) electrons. The molecule has 1 heterocycles. The minimum absolute atomic E-state index is 0.0464. The minimum atomic E-state index is -0.520. The van der Waals surface area contributed by atoms with Crippen molar-refractivity contribution in [3.05, 3.63) is 82.3 Å². The summed E-state index contributed by atoms with van der Waals surface area (Å²) in [5, 5.41) is 6.95. The molecule has 0 unspecified atom stereocenters. The number of benzene rings is 2. The van der Waals surface area contributed by atoms with Gasteiger partial charge in [0.15, 0.2) is 0 Å². The van der Waals surface area contributed by atoms with E-state index in [4.69, 9.17) is 0 Å². The third-order valence-corrected chi connectivity index (χ3v) is 5.10. The van der Waals surface area contributed by atoms with Crippen LogP contribution >= 0.6 is 23.1 Å². The molecule has 2 aromatic carbocycles. The number of anilines is 1. The number of rotatable bonds is 5. The Kier molecular flexibility index (Phi) is 5.10. The van der Waals surface area contributed by atoms with Crippen LogP contribution in [-0.4, -0.2) is 5.91 Å². The second-order valence-electron chi connectivity index (χ2n) is 4.85. The monoisotopic (exact) mass is 343 g/mol. The second kappa shape index (κ2) is 7.44. The van der Waals surface area contributed by atoms with E-state index in [1.54, 1.807) is 35.2 Å². The first-order valence-electron chi connectivity index (χ1n) is 7.03. The fourth-order valence-corrected chi connectivity index (χ4v) is 3.79. The van der Waals surface area contributed by atoms with Gasteiger partial charge >= 0.3 is 0 Å². The first kappa shape index (κ1) is 15.8. The van der Waals surface area contributed by atoms with Crippen LogP contribution in [0.1, 0.15) is 15.9 Å². The fraction of sp³-hybridized carbons (Fsp3) is 0.0556. The van der Waals surface area contributed by atoms with E-state index in [1.165, 1.54) is 17.7 Å². The Morgan fingerprint density at radius 3 is 2.65 bits per heavy atom. The van der Waals surface area contributed by atoms with Crippen LogP contribution in [0.5, 0.6) is 0 Å². The Morgan fingerprint density at radius 2 is 1.87 bits per heavy atom. The molecule has 0 aliphatic rings. The number of thiophene rings is 1. The van der Waals surface area contributed by atoms with Crippen LogP contribution in [-0.2, 0) is 5.75 Å². The first-order valence-corrected chi connectivity index (χ1v) is 8.95. The summed E-state index contributed by atoms with van der Waals surface area (Å²) in [6, 6.07) is 15.6. The van der Waals surface area contributed by atoms with Crippen molar-refractivity contribution in [3.63, 3.8) is 0 Å². The van der Waals surface area contributed by atoms with Crippen LogP contribution < -0.4 is 5.32 Å². The maximum Gasteiger partial charge on any atom is 0.258 e. The molecule has 0 bridgehead atoms. The van der Waals surface area contributed by atoms with Gasteiger partial charge in [-0.1, -0.05) is 24.3 Å². The summed E-state index contributed by atoms with van der Waals surface area (Å²) in [5.41, 5.74) is 1.99. The summed E-state index contributed by atoms with van der Waals surface area (Å²) < 4.78 is 13.7. The number of nitrogens with one attached hydrogen (secondary N) is 1. The highest BCUT2D eigenvalue weighted by atomic mass is 32.2. The molecule has 1 amide bonds. The van der Waals surface area contributed by atoms with Crippen molar-refractivity contribution in [1.29, 1.82) is 0 Å². The van der Waals surface area contributed by atoms with E-state index < -0.39 is 11.7 Å². The Labute approximate surface area is 142 Å². The maximum atomic E-state index is 13.7. The summed E-state index contributed by atoms with van der Waals surface area (Å²) in [7, 11) is 0. The van der Waals surface area contributed by atoms with Gasteiger partial charge in [0.05, 0.1) is 11.3 Å². The van der Waals surface area contributed by atoms with Gasteiger partial charge in [0.2, 0.25) is 0 Å². The number of halogens is 1. The molecule has 3 rings (SSSR count). The lowest BCUT2D eigenvalue weighted by Gasteiger charge is -2.11. The van der Waals surface area contributed by atoms with E-state index in [2.05, 4.69) is 16.8 Å². The summed E-state index contributed by atoms with van der Waals surface area (Å²) >= 11 is 3.31.